The summed E-state index contributed by atoms with van der Waals surface area (Å²) >= 11 is 0. The number of para-hydroxylation sites is 1. The van der Waals surface area contributed by atoms with Crippen molar-refractivity contribution in [1.29, 1.82) is 5.26 Å². The van der Waals surface area contributed by atoms with E-state index in [9.17, 15) is 5.26 Å². The number of anilines is 1. The Balaban J connectivity index is 2.28. The number of hydrogen-bond acceptors (Lipinski definition) is 3. The van der Waals surface area contributed by atoms with Crippen LogP contribution in [-0.2, 0) is 0 Å². The lowest BCUT2D eigenvalue weighted by atomic mass is 9.93. The monoisotopic (exact) mass is 273 g/mol. The van der Waals surface area contributed by atoms with E-state index in [0.717, 1.165) is 28.1 Å². The van der Waals surface area contributed by atoms with Crippen LogP contribution in [0.25, 0.3) is 11.3 Å². The van der Waals surface area contributed by atoms with E-state index in [1.165, 1.54) is 0 Å². The standard InChI is InChI=1S/C18H15N3/c1-12-7-3-6-10-17(12)21-13(2)14-8-4-5-9-15(14)16(11-19)18(21)20/h3-10H,2,20H2,1H3. The predicted octanol–water partition coefficient (Wildman–Crippen LogP) is 3.64. The Hall–Kier alpha value is -2.99. The van der Waals surface area contributed by atoms with Crippen molar-refractivity contribution < 1.29 is 0 Å². The van der Waals surface area contributed by atoms with Crippen molar-refractivity contribution in [2.24, 2.45) is 5.73 Å². The molecule has 1 heterocycles. The van der Waals surface area contributed by atoms with E-state index >= 15 is 0 Å². The molecule has 2 aromatic carbocycles. The first kappa shape index (κ1) is 13.0. The molecule has 0 bridgehead atoms. The minimum Gasteiger partial charge on any atom is -0.384 e. The molecule has 0 radical (unpaired) electrons. The average molecular weight is 273 g/mol. The molecule has 0 aliphatic carbocycles. The minimum absolute atomic E-state index is 0.426. The van der Waals surface area contributed by atoms with Gasteiger partial charge < -0.3 is 5.73 Å². The molecule has 0 atom stereocenters. The molecule has 0 saturated heterocycles. The first-order valence-electron chi connectivity index (χ1n) is 6.69. The van der Waals surface area contributed by atoms with Gasteiger partial charge in [0.25, 0.3) is 0 Å². The topological polar surface area (TPSA) is 53.1 Å². The van der Waals surface area contributed by atoms with E-state index in [2.05, 4.69) is 12.6 Å². The summed E-state index contributed by atoms with van der Waals surface area (Å²) in [7, 11) is 0. The molecular formula is C18H15N3. The molecule has 3 heteroatoms. The number of fused-ring (bicyclic) bond motifs is 1. The van der Waals surface area contributed by atoms with Crippen molar-refractivity contribution in [3.8, 4) is 6.07 Å². The Labute approximate surface area is 124 Å². The van der Waals surface area contributed by atoms with Crippen LogP contribution in [-0.4, -0.2) is 0 Å². The van der Waals surface area contributed by atoms with Crippen molar-refractivity contribution in [2.75, 3.05) is 4.90 Å². The van der Waals surface area contributed by atoms with Crippen LogP contribution in [0.4, 0.5) is 5.69 Å². The highest BCUT2D eigenvalue weighted by atomic mass is 15.2. The van der Waals surface area contributed by atoms with Gasteiger partial charge in [0, 0.05) is 16.8 Å². The van der Waals surface area contributed by atoms with Crippen LogP contribution in [0.1, 0.15) is 16.7 Å². The molecule has 0 saturated carbocycles. The molecule has 0 unspecified atom stereocenters. The first-order valence-corrected chi connectivity index (χ1v) is 6.69. The summed E-state index contributed by atoms with van der Waals surface area (Å²) in [6, 6.07) is 17.9. The van der Waals surface area contributed by atoms with E-state index in [1.807, 2.05) is 60.4 Å². The highest BCUT2D eigenvalue weighted by Crippen LogP contribution is 2.39. The van der Waals surface area contributed by atoms with Crippen molar-refractivity contribution in [3.63, 3.8) is 0 Å². The molecule has 2 aromatic rings. The van der Waals surface area contributed by atoms with E-state index in [0.29, 0.717) is 11.4 Å². The fourth-order valence-corrected chi connectivity index (χ4v) is 2.68. The van der Waals surface area contributed by atoms with Gasteiger partial charge in [0.2, 0.25) is 0 Å². The van der Waals surface area contributed by atoms with Crippen LogP contribution in [0.2, 0.25) is 0 Å². The van der Waals surface area contributed by atoms with Crippen molar-refractivity contribution in [1.82, 2.24) is 0 Å². The third-order valence-corrected chi connectivity index (χ3v) is 3.74. The largest absolute Gasteiger partial charge is 0.384 e. The smallest absolute Gasteiger partial charge is 0.127 e. The molecule has 1 aliphatic rings. The third-order valence-electron chi connectivity index (χ3n) is 3.74. The normalized spacial score (nSPS) is 13.9. The molecule has 102 valence electrons. The van der Waals surface area contributed by atoms with Crippen molar-refractivity contribution in [2.45, 2.75) is 6.92 Å². The Morgan fingerprint density at radius 1 is 1.05 bits per heavy atom. The molecule has 1 aliphatic heterocycles. The van der Waals surface area contributed by atoms with Gasteiger partial charge in [0.1, 0.15) is 17.5 Å². The van der Waals surface area contributed by atoms with Gasteiger partial charge in [-0.25, -0.2) is 0 Å². The summed E-state index contributed by atoms with van der Waals surface area (Å²) in [5, 5.41) is 9.48. The fourth-order valence-electron chi connectivity index (χ4n) is 2.68. The van der Waals surface area contributed by atoms with E-state index in [1.54, 1.807) is 0 Å². The van der Waals surface area contributed by atoms with Crippen LogP contribution < -0.4 is 10.6 Å². The third kappa shape index (κ3) is 1.89. The Morgan fingerprint density at radius 2 is 1.67 bits per heavy atom. The average Bonchev–Trinajstić information content (AvgIpc) is 2.50. The number of rotatable bonds is 1. The summed E-state index contributed by atoms with van der Waals surface area (Å²) in [5.41, 5.74) is 11.3. The molecule has 3 nitrogen and oxygen atoms in total. The highest BCUT2D eigenvalue weighted by Gasteiger charge is 2.27. The maximum Gasteiger partial charge on any atom is 0.127 e. The molecule has 21 heavy (non-hydrogen) atoms. The lowest BCUT2D eigenvalue weighted by molar-refractivity contribution is 1.11. The van der Waals surface area contributed by atoms with Crippen LogP contribution in [0.3, 0.4) is 0 Å². The first-order chi connectivity index (χ1) is 10.1. The fraction of sp³-hybridized carbons (Fsp3) is 0.0556. The second-order valence-electron chi connectivity index (χ2n) is 4.99. The lowest BCUT2D eigenvalue weighted by Gasteiger charge is -2.33. The Morgan fingerprint density at radius 3 is 2.33 bits per heavy atom. The number of hydrogen-bond donors (Lipinski definition) is 1. The van der Waals surface area contributed by atoms with Gasteiger partial charge in [-0.2, -0.15) is 5.26 Å². The van der Waals surface area contributed by atoms with Gasteiger partial charge in [0.15, 0.2) is 0 Å². The zero-order chi connectivity index (χ0) is 15.0. The van der Waals surface area contributed by atoms with Crippen LogP contribution in [0.15, 0.2) is 60.9 Å². The molecule has 2 N–H and O–H groups in total. The van der Waals surface area contributed by atoms with E-state index < -0.39 is 0 Å². The summed E-state index contributed by atoms with van der Waals surface area (Å²) < 4.78 is 0. The number of benzene rings is 2. The lowest BCUT2D eigenvalue weighted by Crippen LogP contribution is -2.31. The number of aryl methyl sites for hydroxylation is 1. The predicted molar refractivity (Wildman–Crippen MR) is 85.9 cm³/mol. The van der Waals surface area contributed by atoms with Gasteiger partial charge in [-0.15, -0.1) is 0 Å². The van der Waals surface area contributed by atoms with Gasteiger partial charge in [-0.05, 0) is 18.6 Å². The molecule has 3 rings (SSSR count). The molecule has 0 amide bonds. The number of nitrogens with zero attached hydrogens (tertiary/aromatic N) is 2. The maximum atomic E-state index is 9.48. The van der Waals surface area contributed by atoms with Gasteiger partial charge in [0.05, 0.1) is 5.69 Å². The summed E-state index contributed by atoms with van der Waals surface area (Å²) in [6.45, 7) is 6.19. The molecule has 0 spiro atoms. The SMILES string of the molecule is C=C1c2ccccc2C(C#N)=C(N)N1c1ccccc1C. The van der Waals surface area contributed by atoms with Gasteiger partial charge in [-0.3, -0.25) is 4.90 Å². The van der Waals surface area contributed by atoms with Crippen molar-refractivity contribution >= 4 is 17.0 Å². The number of nitrogens with two attached hydrogens (primary N) is 1. The highest BCUT2D eigenvalue weighted by molar-refractivity contribution is 5.98. The Kier molecular flexibility index (Phi) is 3.00. The zero-order valence-corrected chi connectivity index (χ0v) is 11.8. The molecular weight excluding hydrogens is 258 g/mol. The molecule has 0 aromatic heterocycles. The molecule has 0 fully saturated rings. The Bertz CT molecular complexity index is 809. The second kappa shape index (κ2) is 4.84. The summed E-state index contributed by atoms with van der Waals surface area (Å²) in [4.78, 5) is 1.86. The summed E-state index contributed by atoms with van der Waals surface area (Å²) in [5.74, 6) is 0.426. The maximum absolute atomic E-state index is 9.48. The van der Waals surface area contributed by atoms with E-state index in [4.69, 9.17) is 5.73 Å². The van der Waals surface area contributed by atoms with E-state index in [-0.39, 0.29) is 0 Å². The minimum atomic E-state index is 0.426. The van der Waals surface area contributed by atoms with Crippen molar-refractivity contribution in [3.05, 3.63) is 77.6 Å². The number of nitriles is 1. The van der Waals surface area contributed by atoms with Crippen LogP contribution in [0.5, 0.6) is 0 Å². The summed E-state index contributed by atoms with van der Waals surface area (Å²) in [6.07, 6.45) is 0. The second-order valence-corrected chi connectivity index (χ2v) is 4.99. The van der Waals surface area contributed by atoms with Gasteiger partial charge in [-0.1, -0.05) is 49.0 Å². The number of allylic oxidation sites excluding steroid dienone is 1. The van der Waals surface area contributed by atoms with Gasteiger partial charge >= 0.3 is 0 Å². The zero-order valence-electron chi connectivity index (χ0n) is 11.8. The van der Waals surface area contributed by atoms with Crippen LogP contribution >= 0.6 is 0 Å². The van der Waals surface area contributed by atoms with Crippen LogP contribution in [0, 0.1) is 18.3 Å². The quantitative estimate of drug-likeness (QED) is 0.863.